The van der Waals surface area contributed by atoms with E-state index in [0.717, 1.165) is 21.6 Å². The minimum Gasteiger partial charge on any atom is -0.333 e. The van der Waals surface area contributed by atoms with Crippen LogP contribution in [0.15, 0.2) is 16.9 Å². The van der Waals surface area contributed by atoms with Gasteiger partial charge in [0.2, 0.25) is 5.91 Å². The summed E-state index contributed by atoms with van der Waals surface area (Å²) in [6, 6.07) is 3.65. The van der Waals surface area contributed by atoms with E-state index in [4.69, 9.17) is 0 Å². The lowest BCUT2D eigenvalue weighted by Gasteiger charge is -2.31. The molecule has 1 atom stereocenters. The number of fused-ring (bicyclic) bond motifs is 1. The molecular formula is C18H21F3N4O2. The Morgan fingerprint density at radius 3 is 2.44 bits per heavy atom. The Morgan fingerprint density at radius 2 is 1.85 bits per heavy atom. The molecule has 146 valence electrons. The molecule has 1 N–H and O–H groups in total. The number of hydrogen-bond donors (Lipinski definition) is 1. The van der Waals surface area contributed by atoms with Crippen molar-refractivity contribution in [3.63, 3.8) is 0 Å². The van der Waals surface area contributed by atoms with Crippen LogP contribution in [0.2, 0.25) is 0 Å². The van der Waals surface area contributed by atoms with Gasteiger partial charge in [0.25, 0.3) is 0 Å². The summed E-state index contributed by atoms with van der Waals surface area (Å²) in [6.45, 7) is 5.46. The molecule has 0 spiro atoms. The number of H-pyrrole nitrogens is 1. The Morgan fingerprint density at radius 1 is 1.22 bits per heavy atom. The van der Waals surface area contributed by atoms with E-state index >= 15 is 0 Å². The number of aromatic nitrogens is 3. The number of nitrogens with one attached hydrogen (secondary N) is 1. The summed E-state index contributed by atoms with van der Waals surface area (Å²) in [4.78, 5) is 25.4. The van der Waals surface area contributed by atoms with Gasteiger partial charge in [0.15, 0.2) is 5.82 Å². The summed E-state index contributed by atoms with van der Waals surface area (Å²) in [5, 5.41) is 6.04. The van der Waals surface area contributed by atoms with Gasteiger partial charge in [0.1, 0.15) is 5.92 Å². The topological polar surface area (TPSA) is 71.0 Å². The first-order valence-corrected chi connectivity index (χ1v) is 8.64. The molecule has 1 aromatic carbocycles. The van der Waals surface area contributed by atoms with Gasteiger partial charge in [-0.15, -0.1) is 0 Å². The van der Waals surface area contributed by atoms with Crippen LogP contribution in [0, 0.1) is 26.7 Å². The van der Waals surface area contributed by atoms with Crippen LogP contribution in [0.1, 0.15) is 28.1 Å². The number of benzene rings is 1. The van der Waals surface area contributed by atoms with Crippen LogP contribution in [0.5, 0.6) is 0 Å². The third-order valence-corrected chi connectivity index (χ3v) is 5.02. The molecule has 0 saturated heterocycles. The van der Waals surface area contributed by atoms with E-state index in [-0.39, 0.29) is 25.5 Å². The molecule has 0 saturated carbocycles. The molecule has 0 fully saturated rings. The van der Waals surface area contributed by atoms with Gasteiger partial charge in [0.05, 0.1) is 6.54 Å². The SMILES string of the molecule is Cc1cc(C)c(CC(C(=O)N2CCn3c(n[nH]c3=O)C2)C(F)(F)F)c(C)c1. The Hall–Kier alpha value is -2.58. The van der Waals surface area contributed by atoms with E-state index in [9.17, 15) is 22.8 Å². The van der Waals surface area contributed by atoms with Crippen molar-refractivity contribution >= 4 is 5.91 Å². The van der Waals surface area contributed by atoms with E-state index in [1.807, 2.05) is 19.1 Å². The Kier molecular flexibility index (Phi) is 4.88. The molecule has 3 rings (SSSR count). The number of carbonyl (C=O) groups excluding carboxylic acids is 1. The minimum atomic E-state index is -4.66. The number of nitrogens with zero attached hydrogens (tertiary/aromatic N) is 3. The summed E-state index contributed by atoms with van der Waals surface area (Å²) in [6.07, 6.45) is -5.06. The van der Waals surface area contributed by atoms with Gasteiger partial charge in [0, 0.05) is 13.1 Å². The lowest BCUT2D eigenvalue weighted by Crippen LogP contribution is -2.47. The first-order chi connectivity index (χ1) is 12.6. The lowest BCUT2D eigenvalue weighted by atomic mass is 9.90. The summed E-state index contributed by atoms with van der Waals surface area (Å²) in [5.74, 6) is -2.85. The normalized spacial score (nSPS) is 15.6. The van der Waals surface area contributed by atoms with Crippen molar-refractivity contribution < 1.29 is 18.0 Å². The molecule has 2 heterocycles. The third-order valence-electron chi connectivity index (χ3n) is 5.02. The fourth-order valence-corrected chi connectivity index (χ4v) is 3.66. The number of rotatable bonds is 3. The fourth-order valence-electron chi connectivity index (χ4n) is 3.66. The van der Waals surface area contributed by atoms with E-state index in [0.29, 0.717) is 5.56 Å². The smallest absolute Gasteiger partial charge is 0.333 e. The van der Waals surface area contributed by atoms with E-state index in [1.165, 1.54) is 4.57 Å². The number of alkyl halides is 3. The van der Waals surface area contributed by atoms with Crippen molar-refractivity contribution in [2.45, 2.75) is 46.5 Å². The van der Waals surface area contributed by atoms with E-state index in [2.05, 4.69) is 10.2 Å². The predicted molar refractivity (Wildman–Crippen MR) is 92.2 cm³/mol. The largest absolute Gasteiger partial charge is 0.400 e. The van der Waals surface area contributed by atoms with Crippen LogP contribution in [0.25, 0.3) is 0 Å². The minimum absolute atomic E-state index is 0.0454. The number of halogens is 3. The van der Waals surface area contributed by atoms with Crippen LogP contribution >= 0.6 is 0 Å². The summed E-state index contributed by atoms with van der Waals surface area (Å²) in [5.41, 5.74) is 2.58. The third kappa shape index (κ3) is 3.77. The average molecular weight is 382 g/mol. The van der Waals surface area contributed by atoms with Crippen molar-refractivity contribution in [3.05, 3.63) is 50.7 Å². The molecule has 0 aliphatic carbocycles. The second kappa shape index (κ2) is 6.86. The highest BCUT2D eigenvalue weighted by atomic mass is 19.4. The zero-order valence-corrected chi connectivity index (χ0v) is 15.4. The fraction of sp³-hybridized carbons (Fsp3) is 0.500. The monoisotopic (exact) mass is 382 g/mol. The molecule has 6 nitrogen and oxygen atoms in total. The van der Waals surface area contributed by atoms with Gasteiger partial charge >= 0.3 is 11.9 Å². The number of amides is 1. The maximum atomic E-state index is 13.7. The van der Waals surface area contributed by atoms with Crippen molar-refractivity contribution in [2.24, 2.45) is 5.92 Å². The number of hydrogen-bond acceptors (Lipinski definition) is 3. The second-order valence-electron chi connectivity index (χ2n) is 7.03. The molecule has 1 unspecified atom stereocenters. The second-order valence-corrected chi connectivity index (χ2v) is 7.03. The van der Waals surface area contributed by atoms with Gasteiger partial charge in [-0.2, -0.15) is 18.3 Å². The molecular weight excluding hydrogens is 361 g/mol. The van der Waals surface area contributed by atoms with Crippen LogP contribution in [-0.2, 0) is 24.3 Å². The molecule has 1 aliphatic heterocycles. The van der Waals surface area contributed by atoms with Crippen molar-refractivity contribution in [3.8, 4) is 0 Å². The molecule has 0 bridgehead atoms. The number of aryl methyl sites for hydroxylation is 3. The Balaban J connectivity index is 1.88. The van der Waals surface area contributed by atoms with Gasteiger partial charge in [-0.05, 0) is 43.9 Å². The summed E-state index contributed by atoms with van der Waals surface area (Å²) < 4.78 is 42.5. The first kappa shape index (κ1) is 19.2. The number of carbonyl (C=O) groups is 1. The van der Waals surface area contributed by atoms with Crippen molar-refractivity contribution in [1.29, 1.82) is 0 Å². The van der Waals surface area contributed by atoms with E-state index < -0.39 is 30.1 Å². The zero-order valence-electron chi connectivity index (χ0n) is 15.4. The van der Waals surface area contributed by atoms with Gasteiger partial charge in [-0.25, -0.2) is 9.89 Å². The van der Waals surface area contributed by atoms with Crippen molar-refractivity contribution in [2.75, 3.05) is 6.54 Å². The first-order valence-electron chi connectivity index (χ1n) is 8.64. The molecule has 1 aliphatic rings. The van der Waals surface area contributed by atoms with Crippen LogP contribution < -0.4 is 5.69 Å². The molecule has 1 aromatic heterocycles. The van der Waals surface area contributed by atoms with Gasteiger partial charge < -0.3 is 4.90 Å². The average Bonchev–Trinajstić information content (AvgIpc) is 2.93. The van der Waals surface area contributed by atoms with Crippen LogP contribution in [-0.4, -0.2) is 38.3 Å². The van der Waals surface area contributed by atoms with E-state index in [1.54, 1.807) is 13.8 Å². The van der Waals surface area contributed by atoms with Gasteiger partial charge in [-0.3, -0.25) is 9.36 Å². The number of aromatic amines is 1. The molecule has 9 heteroatoms. The predicted octanol–water partition coefficient (Wildman–Crippen LogP) is 2.26. The Labute approximate surface area is 154 Å². The maximum Gasteiger partial charge on any atom is 0.400 e. The van der Waals surface area contributed by atoms with Crippen molar-refractivity contribution in [1.82, 2.24) is 19.7 Å². The van der Waals surface area contributed by atoms with Gasteiger partial charge in [-0.1, -0.05) is 17.7 Å². The standard InChI is InChI=1S/C18H21F3N4O2/c1-10-6-11(2)13(12(3)7-10)8-14(18(19,20)21)16(26)24-4-5-25-15(9-24)22-23-17(25)27/h6-7,14H,4-5,8-9H2,1-3H3,(H,23,27). The van der Waals surface area contributed by atoms with Crippen LogP contribution in [0.4, 0.5) is 13.2 Å². The summed E-state index contributed by atoms with van der Waals surface area (Å²) >= 11 is 0. The van der Waals surface area contributed by atoms with Crippen LogP contribution in [0.3, 0.4) is 0 Å². The summed E-state index contributed by atoms with van der Waals surface area (Å²) in [7, 11) is 0. The molecule has 1 amide bonds. The highest BCUT2D eigenvalue weighted by Gasteiger charge is 2.47. The molecule has 27 heavy (non-hydrogen) atoms. The maximum absolute atomic E-state index is 13.7. The lowest BCUT2D eigenvalue weighted by molar-refractivity contribution is -0.189. The quantitative estimate of drug-likeness (QED) is 0.885. The molecule has 2 aromatic rings. The zero-order chi connectivity index (χ0) is 19.9. The highest BCUT2D eigenvalue weighted by molar-refractivity contribution is 5.80. The Bertz CT molecular complexity index is 906. The molecule has 0 radical (unpaired) electrons. The highest BCUT2D eigenvalue weighted by Crippen LogP contribution is 2.33.